The molecule has 0 aliphatic carbocycles. The van der Waals surface area contributed by atoms with Crippen LogP contribution in [0.2, 0.25) is 0 Å². The van der Waals surface area contributed by atoms with E-state index >= 15 is 0 Å². The van der Waals surface area contributed by atoms with Gasteiger partial charge in [0.05, 0.1) is 37.6 Å². The van der Waals surface area contributed by atoms with Gasteiger partial charge in [-0.1, -0.05) is 129 Å². The number of carbonyl (C=O) groups is 2. The van der Waals surface area contributed by atoms with E-state index < -0.39 is 0 Å². The second kappa shape index (κ2) is 33.5. The molecule has 0 saturated carbocycles. The molecule has 0 saturated heterocycles. The molecule has 0 aliphatic heterocycles. The Morgan fingerprint density at radius 2 is 1.05 bits per heavy atom. The number of anilines is 2. The van der Waals surface area contributed by atoms with E-state index in [1.165, 1.54) is 120 Å². The zero-order valence-electron chi connectivity index (χ0n) is 33.5. The monoisotopic (exact) mass is 1120 g/mol. The number of rotatable bonds is 26. The van der Waals surface area contributed by atoms with Crippen LogP contribution in [0, 0.1) is 0 Å². The van der Waals surface area contributed by atoms with Crippen molar-refractivity contribution in [2.24, 2.45) is 4.30 Å². The molecule has 57 heavy (non-hydrogen) atoms. The van der Waals surface area contributed by atoms with Crippen LogP contribution in [-0.4, -0.2) is 32.5 Å². The molecule has 4 aromatic rings. The van der Waals surface area contributed by atoms with Crippen LogP contribution < -0.4 is 9.80 Å². The first-order valence-electron chi connectivity index (χ1n) is 20.3. The van der Waals surface area contributed by atoms with Crippen LogP contribution in [0.3, 0.4) is 0 Å². The van der Waals surface area contributed by atoms with E-state index in [9.17, 15) is 9.59 Å². The van der Waals surface area contributed by atoms with Gasteiger partial charge in [-0.2, -0.15) is 22.7 Å². The Balaban J connectivity index is 0.000000371. The predicted molar refractivity (Wildman–Crippen MR) is 272 cm³/mol. The summed E-state index contributed by atoms with van der Waals surface area (Å²) in [7, 11) is 4.34. The molecule has 5 nitrogen and oxygen atoms in total. The molecule has 0 spiro atoms. The fourth-order valence-corrected chi connectivity index (χ4v) is 13.2. The van der Waals surface area contributed by atoms with Gasteiger partial charge in [0, 0.05) is 23.8 Å². The van der Waals surface area contributed by atoms with Gasteiger partial charge in [-0.3, -0.25) is 9.59 Å². The van der Waals surface area contributed by atoms with Gasteiger partial charge in [0.1, 0.15) is 0 Å². The molecular formula is C42H59BBr4N3O2S5. The van der Waals surface area contributed by atoms with E-state index in [1.807, 2.05) is 50.2 Å². The number of carbonyl (C=O) groups excluding carboxylic acids is 2. The zero-order valence-corrected chi connectivity index (χ0v) is 44.0. The third-order valence-corrected chi connectivity index (χ3v) is 15.4. The molecule has 0 unspecified atom stereocenters. The summed E-state index contributed by atoms with van der Waals surface area (Å²) < 4.78 is 6.52. The van der Waals surface area contributed by atoms with Crippen LogP contribution >= 0.6 is 122 Å². The van der Waals surface area contributed by atoms with Crippen molar-refractivity contribution in [1.29, 1.82) is 0 Å². The maximum absolute atomic E-state index is 13.3. The van der Waals surface area contributed by atoms with E-state index in [0.717, 1.165) is 64.4 Å². The van der Waals surface area contributed by atoms with E-state index in [4.69, 9.17) is 0 Å². The first-order chi connectivity index (χ1) is 27.7. The number of nitrogens with zero attached hydrogens (tertiary/aromatic N) is 3. The first kappa shape index (κ1) is 53.0. The molecular weight excluding hydrogens is 1070 g/mol. The van der Waals surface area contributed by atoms with Gasteiger partial charge >= 0.3 is 24.8 Å². The standard InChI is InChI=1S/C21H27Br4NOS2.C21H31NOS2.BHNS/c1-2-3-4-5-6-7-8-9-10-11-12-26(16-14-18(23)29-20(16)25)21(27)15-13-17(22)28-19(15)24;1-2-3-4-5-6-7-8-9-10-11-14-22(20-13-16-25-18-20)21(23)19-12-15-24-17-19;1-2-3/h13-14H,2-12H2,1H3;12-13,15-18H,2-11,14H2,1H3;3H. The first-order valence-corrected chi connectivity index (χ1v) is 27.4. The molecule has 2 amide bonds. The summed E-state index contributed by atoms with van der Waals surface area (Å²) in [5.41, 5.74) is 3.50. The molecule has 15 heteroatoms. The van der Waals surface area contributed by atoms with Crippen LogP contribution in [0.5, 0.6) is 0 Å². The number of thiol groups is 1. The van der Waals surface area contributed by atoms with Gasteiger partial charge in [0.25, 0.3) is 11.8 Å². The van der Waals surface area contributed by atoms with Crippen LogP contribution in [0.4, 0.5) is 11.4 Å². The molecule has 4 rings (SSSR count). The second-order valence-electron chi connectivity index (χ2n) is 13.8. The minimum absolute atomic E-state index is 0.0424. The SMILES string of the molecule is CCCCCCCCCCCCN(C(=O)c1cc(Br)sc1Br)c1cc(Br)sc1Br.CCCCCCCCCCCCN(C(=O)c1ccsc1)c1ccsc1.[B]=NS. The molecule has 0 bridgehead atoms. The van der Waals surface area contributed by atoms with Crippen molar-refractivity contribution < 1.29 is 9.59 Å². The van der Waals surface area contributed by atoms with Gasteiger partial charge in [-0.15, -0.1) is 22.7 Å². The predicted octanol–water partition coefficient (Wildman–Crippen LogP) is 18.0. The van der Waals surface area contributed by atoms with Crippen molar-refractivity contribution in [3.63, 3.8) is 0 Å². The molecule has 0 aromatic carbocycles. The minimum atomic E-state index is 0.0424. The summed E-state index contributed by atoms with van der Waals surface area (Å²) in [6, 6.07) is 7.90. The number of unbranched alkanes of at least 4 members (excludes halogenated alkanes) is 18. The molecule has 0 N–H and O–H groups in total. The Labute approximate surface area is 399 Å². The van der Waals surface area contributed by atoms with E-state index in [-0.39, 0.29) is 11.8 Å². The van der Waals surface area contributed by atoms with Crippen LogP contribution in [0.1, 0.15) is 163 Å². The molecule has 0 atom stereocenters. The number of thiophene rings is 4. The average molecular weight is 1130 g/mol. The van der Waals surface area contributed by atoms with Gasteiger partial charge in [0.2, 0.25) is 0 Å². The zero-order chi connectivity index (χ0) is 41.7. The summed E-state index contributed by atoms with van der Waals surface area (Å²) in [5.74, 6) is 0.177. The number of hydrogen-bond donors (Lipinski definition) is 1. The van der Waals surface area contributed by atoms with E-state index in [1.54, 1.807) is 34.0 Å². The van der Waals surface area contributed by atoms with Crippen LogP contribution in [0.25, 0.3) is 0 Å². The molecule has 0 fully saturated rings. The molecule has 4 heterocycles. The van der Waals surface area contributed by atoms with Crippen molar-refractivity contribution in [2.45, 2.75) is 142 Å². The third kappa shape index (κ3) is 22.0. The van der Waals surface area contributed by atoms with Gasteiger partial charge in [-0.25, -0.2) is 0 Å². The molecule has 4 aromatic heterocycles. The van der Waals surface area contributed by atoms with E-state index in [2.05, 4.69) is 108 Å². The Kier molecular flexibility index (Phi) is 31.2. The maximum atomic E-state index is 13.3. The topological polar surface area (TPSA) is 53.0 Å². The molecule has 315 valence electrons. The summed E-state index contributed by atoms with van der Waals surface area (Å²) >= 11 is 23.7. The normalized spacial score (nSPS) is 10.7. The number of amides is 2. The second-order valence-corrected chi connectivity index (χ2v) is 23.1. The summed E-state index contributed by atoms with van der Waals surface area (Å²) in [6.45, 7) is 6.08. The van der Waals surface area contributed by atoms with Crippen molar-refractivity contribution in [2.75, 3.05) is 22.9 Å². The summed E-state index contributed by atoms with van der Waals surface area (Å²) in [5, 5.41) is 8.03. The fourth-order valence-electron chi connectivity index (χ4n) is 6.29. The summed E-state index contributed by atoms with van der Waals surface area (Å²) in [6.07, 6.45) is 26.1. The van der Waals surface area contributed by atoms with Crippen molar-refractivity contribution in [1.82, 2.24) is 0 Å². The van der Waals surface area contributed by atoms with Crippen LogP contribution in [-0.2, 0) is 0 Å². The fraction of sp³-hybridized carbons (Fsp3) is 0.571. The van der Waals surface area contributed by atoms with Gasteiger partial charge in [0.15, 0.2) is 0 Å². The molecule has 1 radical (unpaired) electrons. The quantitative estimate of drug-likeness (QED) is 0.0387. The summed E-state index contributed by atoms with van der Waals surface area (Å²) in [4.78, 5) is 29.9. The van der Waals surface area contributed by atoms with Gasteiger partial charge in [-0.05, 0) is 112 Å². The van der Waals surface area contributed by atoms with Crippen molar-refractivity contribution in [3.05, 3.63) is 72.1 Å². The third-order valence-electron chi connectivity index (χ3n) is 9.36. The van der Waals surface area contributed by atoms with Gasteiger partial charge < -0.3 is 9.80 Å². The van der Waals surface area contributed by atoms with Crippen LogP contribution in [0.15, 0.2) is 65.2 Å². The number of halogens is 4. The van der Waals surface area contributed by atoms with E-state index in [0.29, 0.717) is 5.56 Å². The Bertz CT molecular complexity index is 1640. The Hall–Kier alpha value is -0.125. The van der Waals surface area contributed by atoms with Crippen molar-refractivity contribution in [3.8, 4) is 0 Å². The number of hydrogen-bond acceptors (Lipinski definition) is 8. The molecule has 0 aliphatic rings. The Morgan fingerprint density at radius 3 is 1.46 bits per heavy atom. The Morgan fingerprint density at radius 1 is 0.614 bits per heavy atom. The average Bonchev–Trinajstić information content (AvgIpc) is 4.03. The van der Waals surface area contributed by atoms with Crippen molar-refractivity contribution >= 4 is 153 Å².